The first-order valence-corrected chi connectivity index (χ1v) is 8.05. The van der Waals surface area contributed by atoms with Gasteiger partial charge in [0.15, 0.2) is 0 Å². The zero-order chi connectivity index (χ0) is 15.0. The van der Waals surface area contributed by atoms with Gasteiger partial charge in [0.05, 0.1) is 0 Å². The van der Waals surface area contributed by atoms with Gasteiger partial charge in [0.1, 0.15) is 0 Å². The monoisotopic (exact) mass is 276 g/mol. The Kier molecular flexibility index (Phi) is 7.86. The number of rotatable bonds is 9. The van der Waals surface area contributed by atoms with E-state index in [0.29, 0.717) is 6.04 Å². The van der Waals surface area contributed by atoms with Crippen molar-refractivity contribution in [1.29, 1.82) is 0 Å². The Balaban J connectivity index is 2.63. The molecule has 0 radical (unpaired) electrons. The maximum absolute atomic E-state index is 3.51. The van der Waals surface area contributed by atoms with Crippen molar-refractivity contribution >= 4 is 0 Å². The second-order valence-electron chi connectivity index (χ2n) is 6.35. The number of hydrogen-bond acceptors (Lipinski definition) is 2. The van der Waals surface area contributed by atoms with Crippen molar-refractivity contribution in [3.05, 3.63) is 35.4 Å². The average molecular weight is 276 g/mol. The summed E-state index contributed by atoms with van der Waals surface area (Å²) in [6.45, 7) is 15.7. The first kappa shape index (κ1) is 17.2. The zero-order valence-corrected chi connectivity index (χ0v) is 13.9. The lowest BCUT2D eigenvalue weighted by Crippen LogP contribution is -2.28. The van der Waals surface area contributed by atoms with Gasteiger partial charge in [-0.05, 0) is 36.6 Å². The highest BCUT2D eigenvalue weighted by Crippen LogP contribution is 2.13. The van der Waals surface area contributed by atoms with Crippen LogP contribution >= 0.6 is 0 Å². The van der Waals surface area contributed by atoms with Crippen molar-refractivity contribution < 1.29 is 0 Å². The van der Waals surface area contributed by atoms with Crippen LogP contribution in [0.15, 0.2) is 24.3 Å². The molecule has 1 aromatic rings. The smallest absolute Gasteiger partial charge is 0.0236 e. The minimum Gasteiger partial charge on any atom is -0.314 e. The highest BCUT2D eigenvalue weighted by atomic mass is 15.1. The second-order valence-corrected chi connectivity index (χ2v) is 6.35. The molecule has 0 aliphatic carbocycles. The van der Waals surface area contributed by atoms with Gasteiger partial charge in [-0.3, -0.25) is 4.90 Å². The second kappa shape index (κ2) is 9.15. The third kappa shape index (κ3) is 6.53. The summed E-state index contributed by atoms with van der Waals surface area (Å²) < 4.78 is 0. The van der Waals surface area contributed by atoms with Crippen LogP contribution < -0.4 is 5.32 Å². The molecular formula is C18H32N2. The van der Waals surface area contributed by atoms with Gasteiger partial charge in [-0.25, -0.2) is 0 Å². The summed E-state index contributed by atoms with van der Waals surface area (Å²) in [5.74, 6) is 0.727. The molecule has 0 aromatic heterocycles. The van der Waals surface area contributed by atoms with Crippen molar-refractivity contribution in [3.8, 4) is 0 Å². The Bertz CT molecular complexity index is 371. The predicted octanol–water partition coefficient (Wildman–Crippen LogP) is 3.71. The third-order valence-corrected chi connectivity index (χ3v) is 3.53. The quantitative estimate of drug-likeness (QED) is 0.740. The Morgan fingerprint density at radius 2 is 1.70 bits per heavy atom. The molecule has 1 aromatic carbocycles. The average Bonchev–Trinajstić information content (AvgIpc) is 2.39. The number of benzene rings is 1. The molecule has 0 atom stereocenters. The van der Waals surface area contributed by atoms with E-state index in [1.807, 2.05) is 0 Å². The molecule has 0 aliphatic rings. The molecule has 1 N–H and O–H groups in total. The van der Waals surface area contributed by atoms with E-state index in [2.05, 4.69) is 69.1 Å². The molecule has 0 saturated heterocycles. The Morgan fingerprint density at radius 3 is 2.25 bits per heavy atom. The Morgan fingerprint density at radius 1 is 1.05 bits per heavy atom. The van der Waals surface area contributed by atoms with E-state index in [-0.39, 0.29) is 0 Å². The van der Waals surface area contributed by atoms with Crippen molar-refractivity contribution in [2.75, 3.05) is 19.6 Å². The predicted molar refractivity (Wildman–Crippen MR) is 89.1 cm³/mol. The molecule has 0 spiro atoms. The Labute approximate surface area is 125 Å². The molecule has 2 heteroatoms. The van der Waals surface area contributed by atoms with E-state index in [1.165, 1.54) is 17.7 Å². The van der Waals surface area contributed by atoms with Crippen molar-refractivity contribution in [2.24, 2.45) is 5.92 Å². The number of nitrogens with one attached hydrogen (secondary N) is 1. The van der Waals surface area contributed by atoms with Crippen LogP contribution in [0.3, 0.4) is 0 Å². The molecule has 1 rings (SSSR count). The lowest BCUT2D eigenvalue weighted by molar-refractivity contribution is 0.247. The van der Waals surface area contributed by atoms with Crippen LogP contribution in [0.1, 0.15) is 45.7 Å². The van der Waals surface area contributed by atoms with E-state index in [9.17, 15) is 0 Å². The first-order chi connectivity index (χ1) is 9.52. The maximum Gasteiger partial charge on any atom is 0.0236 e. The fourth-order valence-corrected chi connectivity index (χ4v) is 2.51. The molecule has 20 heavy (non-hydrogen) atoms. The summed E-state index contributed by atoms with van der Waals surface area (Å²) in [6, 6.07) is 9.45. The summed E-state index contributed by atoms with van der Waals surface area (Å²) in [5.41, 5.74) is 2.98. The van der Waals surface area contributed by atoms with Crippen LogP contribution in [-0.4, -0.2) is 30.6 Å². The van der Waals surface area contributed by atoms with Crippen LogP contribution in [0.2, 0.25) is 0 Å². The van der Waals surface area contributed by atoms with Crippen LogP contribution in [0.4, 0.5) is 0 Å². The maximum atomic E-state index is 3.51. The molecule has 0 aliphatic heterocycles. The summed E-state index contributed by atoms with van der Waals surface area (Å²) >= 11 is 0. The van der Waals surface area contributed by atoms with Crippen molar-refractivity contribution in [3.63, 3.8) is 0 Å². The van der Waals surface area contributed by atoms with Crippen molar-refractivity contribution in [1.82, 2.24) is 10.2 Å². The van der Waals surface area contributed by atoms with E-state index in [1.54, 1.807) is 0 Å². The SMILES string of the molecule is CCN(Cc1ccccc1CCNC(C)C)CC(C)C. The van der Waals surface area contributed by atoms with Gasteiger partial charge < -0.3 is 5.32 Å². The minimum atomic E-state index is 0.565. The molecule has 114 valence electrons. The van der Waals surface area contributed by atoms with Gasteiger partial charge in [-0.1, -0.05) is 58.9 Å². The standard InChI is InChI=1S/C18H32N2/c1-6-20(13-15(2)3)14-18-10-8-7-9-17(18)11-12-19-16(4)5/h7-10,15-16,19H,6,11-14H2,1-5H3. The number of nitrogens with zero attached hydrogens (tertiary/aromatic N) is 1. The molecular weight excluding hydrogens is 244 g/mol. The molecule has 0 saturated carbocycles. The molecule has 0 heterocycles. The lowest BCUT2D eigenvalue weighted by atomic mass is 10.0. The van der Waals surface area contributed by atoms with Crippen LogP contribution in [-0.2, 0) is 13.0 Å². The first-order valence-electron chi connectivity index (χ1n) is 8.05. The fraction of sp³-hybridized carbons (Fsp3) is 0.667. The normalized spacial score (nSPS) is 11.8. The Hall–Kier alpha value is -0.860. The number of hydrogen-bond donors (Lipinski definition) is 1. The largest absolute Gasteiger partial charge is 0.314 e. The summed E-state index contributed by atoms with van der Waals surface area (Å²) in [5, 5.41) is 3.51. The van der Waals surface area contributed by atoms with Gasteiger partial charge in [0, 0.05) is 19.1 Å². The van der Waals surface area contributed by atoms with Gasteiger partial charge in [-0.15, -0.1) is 0 Å². The highest BCUT2D eigenvalue weighted by molar-refractivity contribution is 5.27. The van der Waals surface area contributed by atoms with Crippen LogP contribution in [0, 0.1) is 5.92 Å². The van der Waals surface area contributed by atoms with Gasteiger partial charge in [0.25, 0.3) is 0 Å². The van der Waals surface area contributed by atoms with E-state index < -0.39 is 0 Å². The minimum absolute atomic E-state index is 0.565. The van der Waals surface area contributed by atoms with Gasteiger partial charge >= 0.3 is 0 Å². The molecule has 0 unspecified atom stereocenters. The summed E-state index contributed by atoms with van der Waals surface area (Å²) in [6.07, 6.45) is 1.12. The lowest BCUT2D eigenvalue weighted by Gasteiger charge is -2.24. The zero-order valence-electron chi connectivity index (χ0n) is 13.9. The molecule has 0 amide bonds. The summed E-state index contributed by atoms with van der Waals surface area (Å²) in [4.78, 5) is 2.54. The van der Waals surface area contributed by atoms with Crippen LogP contribution in [0.25, 0.3) is 0 Å². The molecule has 0 fully saturated rings. The van der Waals surface area contributed by atoms with Crippen LogP contribution in [0.5, 0.6) is 0 Å². The van der Waals surface area contributed by atoms with E-state index in [0.717, 1.165) is 32.0 Å². The van der Waals surface area contributed by atoms with E-state index >= 15 is 0 Å². The molecule has 2 nitrogen and oxygen atoms in total. The topological polar surface area (TPSA) is 15.3 Å². The van der Waals surface area contributed by atoms with Gasteiger partial charge in [0.2, 0.25) is 0 Å². The van der Waals surface area contributed by atoms with Crippen molar-refractivity contribution in [2.45, 2.75) is 53.6 Å². The van der Waals surface area contributed by atoms with Gasteiger partial charge in [-0.2, -0.15) is 0 Å². The highest BCUT2D eigenvalue weighted by Gasteiger charge is 2.09. The summed E-state index contributed by atoms with van der Waals surface area (Å²) in [7, 11) is 0. The fourth-order valence-electron chi connectivity index (χ4n) is 2.51. The van der Waals surface area contributed by atoms with E-state index in [4.69, 9.17) is 0 Å². The third-order valence-electron chi connectivity index (χ3n) is 3.53. The molecule has 0 bridgehead atoms.